The Balaban J connectivity index is 0.00000861. The zero-order valence-corrected chi connectivity index (χ0v) is 39.3. The summed E-state index contributed by atoms with van der Waals surface area (Å²) in [5.74, 6) is 0.242. The molecule has 6 aromatic carbocycles. The van der Waals surface area contributed by atoms with E-state index in [1.807, 2.05) is 67.8 Å². The monoisotopic (exact) mass is 1020 g/mol. The van der Waals surface area contributed by atoms with E-state index in [2.05, 4.69) is 47.6 Å². The Hall–Kier alpha value is -5.57. The van der Waals surface area contributed by atoms with Gasteiger partial charge < -0.3 is 5.11 Å². The maximum absolute atomic E-state index is 12.6. The van der Waals surface area contributed by atoms with Crippen LogP contribution in [0.25, 0.3) is 72.7 Å². The molecule has 0 aliphatic carbocycles. The average molecular weight is 1020 g/mol. The van der Waals surface area contributed by atoms with E-state index in [-0.39, 0.29) is 50.3 Å². The summed E-state index contributed by atoms with van der Waals surface area (Å²) in [6.45, 7) is 7.81. The number of imidazole rings is 1. The van der Waals surface area contributed by atoms with Crippen molar-refractivity contribution in [1.82, 2.24) is 14.5 Å². The van der Waals surface area contributed by atoms with E-state index in [1.165, 1.54) is 24.4 Å². The summed E-state index contributed by atoms with van der Waals surface area (Å²) < 4.78 is 122. The minimum atomic E-state index is -3.53. The maximum atomic E-state index is 12.6. The van der Waals surface area contributed by atoms with Gasteiger partial charge in [0.15, 0.2) is 0 Å². The summed E-state index contributed by atoms with van der Waals surface area (Å²) >= 11 is 0. The van der Waals surface area contributed by atoms with Crippen molar-refractivity contribution in [1.29, 1.82) is 0 Å². The first-order chi connectivity index (χ1) is 35.0. The first kappa shape index (κ1) is 30.5. The molecule has 0 aliphatic heterocycles. The first-order valence-electron chi connectivity index (χ1n) is 27.7. The van der Waals surface area contributed by atoms with Crippen molar-refractivity contribution in [2.75, 3.05) is 0 Å². The molecule has 63 heavy (non-hydrogen) atoms. The molecule has 0 aliphatic rings. The second kappa shape index (κ2) is 16.9. The van der Waals surface area contributed by atoms with E-state index in [0.29, 0.717) is 66.9 Å². The normalized spacial score (nSPS) is 16.2. The third kappa shape index (κ3) is 9.11. The molecule has 0 radical (unpaired) electrons. The molecule has 1 N–H and O–H groups in total. The number of hydrogen-bond donors (Lipinski definition) is 1. The van der Waals surface area contributed by atoms with Crippen LogP contribution in [0.15, 0.2) is 140 Å². The number of aromatic nitrogens is 3. The minimum absolute atomic E-state index is 0. The van der Waals surface area contributed by atoms with Crippen LogP contribution in [0.5, 0.6) is 5.75 Å². The summed E-state index contributed by atoms with van der Waals surface area (Å²) in [5, 5.41) is 12.6. The van der Waals surface area contributed by atoms with E-state index in [0.717, 1.165) is 11.1 Å². The van der Waals surface area contributed by atoms with Gasteiger partial charge in [-0.1, -0.05) is 185 Å². The summed E-state index contributed by atoms with van der Waals surface area (Å²) in [5.41, 5.74) is 2.35. The van der Waals surface area contributed by atoms with Crippen LogP contribution in [0.1, 0.15) is 124 Å². The van der Waals surface area contributed by atoms with E-state index in [9.17, 15) is 5.11 Å². The Labute approximate surface area is 409 Å². The van der Waals surface area contributed by atoms with Crippen molar-refractivity contribution in [3.8, 4) is 67.5 Å². The number of pyridine rings is 1. The van der Waals surface area contributed by atoms with Crippen molar-refractivity contribution in [2.45, 2.75) is 105 Å². The van der Waals surface area contributed by atoms with Crippen molar-refractivity contribution in [3.05, 3.63) is 168 Å². The Morgan fingerprint density at radius 2 is 1.25 bits per heavy atom. The van der Waals surface area contributed by atoms with E-state index in [4.69, 9.17) is 29.2 Å². The van der Waals surface area contributed by atoms with Crippen LogP contribution in [0.3, 0.4) is 0 Å². The second-order valence-electron chi connectivity index (χ2n) is 19.1. The molecule has 0 fully saturated rings. The number of fused-ring (bicyclic) bond motifs is 1. The molecule has 0 amide bonds. The van der Waals surface area contributed by atoms with Gasteiger partial charge in [0.05, 0.1) is 29.1 Å². The van der Waals surface area contributed by atoms with Gasteiger partial charge in [0.1, 0.15) is 11.6 Å². The molecule has 2 heterocycles. The van der Waals surface area contributed by atoms with Crippen molar-refractivity contribution >= 4 is 11.0 Å². The van der Waals surface area contributed by atoms with Gasteiger partial charge in [-0.05, 0) is 79.8 Å². The van der Waals surface area contributed by atoms with Crippen LogP contribution < -0.4 is 0 Å². The van der Waals surface area contributed by atoms with Gasteiger partial charge in [-0.3, -0.25) is 9.55 Å². The molecule has 0 atom stereocenters. The molecule has 0 bridgehead atoms. The minimum Gasteiger partial charge on any atom is -0.507 e. The summed E-state index contributed by atoms with van der Waals surface area (Å²) in [7, 11) is 0. The number of phenols is 1. The molecule has 0 saturated heterocycles. The fourth-order valence-electron chi connectivity index (χ4n) is 7.78. The number of para-hydroxylation sites is 1. The predicted octanol–water partition coefficient (Wildman–Crippen LogP) is 15.4. The number of nitrogens with zero attached hydrogens (tertiary/aromatic N) is 3. The third-order valence-electron chi connectivity index (χ3n) is 11.3. The zero-order valence-electron chi connectivity index (χ0n) is 51.0. The Bertz CT molecular complexity index is 3510. The summed E-state index contributed by atoms with van der Waals surface area (Å²) in [6.07, 6.45) is 1.52. The van der Waals surface area contributed by atoms with Gasteiger partial charge in [0, 0.05) is 56.4 Å². The number of aromatic hydroxyl groups is 1. The van der Waals surface area contributed by atoms with Crippen LogP contribution >= 0.6 is 0 Å². The number of hydrogen-bond acceptors (Lipinski definition) is 3. The van der Waals surface area contributed by atoms with Gasteiger partial charge in [-0.25, -0.2) is 4.98 Å². The average Bonchev–Trinajstić information content (AvgIpc) is 3.70. The van der Waals surface area contributed by atoms with E-state index < -0.39 is 65.9 Å². The molecule has 8 aromatic rings. The van der Waals surface area contributed by atoms with E-state index >= 15 is 0 Å². The molecular weight excluding hydrogens is 950 g/mol. The van der Waals surface area contributed by atoms with Crippen LogP contribution in [0.4, 0.5) is 0 Å². The number of benzene rings is 6. The SMILES string of the molecule is [2H]c1c([2H])c([2H])c(-c2ccnc(-c3[c-]c(-c4cccc5c4nc(-c4cc(C(C)(C)C)cc(C(C)(C)C)c4O)n5-c4ccc(C(C([2H])([2H])[2H])(C([2H])([2H])[2H])C([2H])([2H])[2H])cc4-c4ccccc4)cc(C(C)(C)C)c3)c2)c([2H])c1[2H].[Pt]. The summed E-state index contributed by atoms with van der Waals surface area (Å²) in [4.78, 5) is 10.2. The van der Waals surface area contributed by atoms with Gasteiger partial charge in [-0.2, -0.15) is 0 Å². The van der Waals surface area contributed by atoms with Crippen LogP contribution in [-0.4, -0.2) is 19.6 Å². The molecule has 2 aromatic heterocycles. The van der Waals surface area contributed by atoms with Crippen molar-refractivity contribution in [2.24, 2.45) is 0 Å². The molecule has 8 rings (SSSR count). The molecule has 0 unspecified atom stereocenters. The summed E-state index contributed by atoms with van der Waals surface area (Å²) in [6, 6.07) is 31.2. The smallest absolute Gasteiger partial charge is 0.148 e. The van der Waals surface area contributed by atoms with Gasteiger partial charge in [-0.15, -0.1) is 29.3 Å². The quantitative estimate of drug-likeness (QED) is 0.169. The molecule has 0 saturated carbocycles. The molecule has 4 nitrogen and oxygen atoms in total. The molecular formula is C58H60N3OPt-. The van der Waals surface area contributed by atoms with Crippen molar-refractivity contribution < 1.29 is 45.4 Å². The first-order valence-corrected chi connectivity index (χ1v) is 20.7. The van der Waals surface area contributed by atoms with Crippen LogP contribution in [-0.2, 0) is 42.7 Å². The molecule has 0 spiro atoms. The number of rotatable bonds is 6. The second-order valence-corrected chi connectivity index (χ2v) is 19.1. The predicted molar refractivity (Wildman–Crippen MR) is 261 cm³/mol. The Kier molecular flexibility index (Phi) is 8.16. The van der Waals surface area contributed by atoms with Gasteiger partial charge in [0.25, 0.3) is 0 Å². The largest absolute Gasteiger partial charge is 0.507 e. The fourth-order valence-corrected chi connectivity index (χ4v) is 7.78. The zero-order chi connectivity index (χ0) is 56.2. The maximum Gasteiger partial charge on any atom is 0.148 e. The Morgan fingerprint density at radius 3 is 1.92 bits per heavy atom. The topological polar surface area (TPSA) is 50.9 Å². The van der Waals surface area contributed by atoms with Gasteiger partial charge >= 0.3 is 0 Å². The standard InChI is InChI=1S/C58H60N3O.Pt/c1-55(2,3)42-26-27-50(46(34-42)38-22-17-14-18-23-38)61-51-25-19-24-45(52(51)60-54(61)47-35-44(57(7,8)9)36-48(53(47)62)58(10,11)12)40-30-41(32-43(31-40)56(4,5)6)49-33-39(28-29-59-49)37-20-15-13-16-21-37;/h13-29,31-36,62H,1-12H3;/q-1;/i1D3,2D3,3D3,13D,15D,16D,20D,21D;. The fraction of sp³-hybridized carbons (Fsp3) is 0.276. The van der Waals surface area contributed by atoms with Crippen molar-refractivity contribution in [3.63, 3.8) is 0 Å². The third-order valence-corrected chi connectivity index (χ3v) is 11.3. The van der Waals surface area contributed by atoms with Crippen LogP contribution in [0.2, 0.25) is 0 Å². The number of phenolic OH excluding ortho intramolecular Hbond substituents is 1. The van der Waals surface area contributed by atoms with Gasteiger partial charge in [0.2, 0.25) is 0 Å². The van der Waals surface area contributed by atoms with E-state index in [1.54, 1.807) is 42.5 Å². The Morgan fingerprint density at radius 1 is 0.587 bits per heavy atom. The van der Waals surface area contributed by atoms with Crippen LogP contribution in [0, 0.1) is 6.07 Å². The molecule has 324 valence electrons. The molecule has 5 heteroatoms.